The van der Waals surface area contributed by atoms with Gasteiger partial charge in [-0.25, -0.2) is 0 Å². The summed E-state index contributed by atoms with van der Waals surface area (Å²) in [7, 11) is 1.52. The van der Waals surface area contributed by atoms with E-state index in [1.807, 2.05) is 0 Å². The van der Waals surface area contributed by atoms with Crippen LogP contribution in [0.2, 0.25) is 0 Å². The number of hydrogen-bond donors (Lipinski definition) is 2. The Kier molecular flexibility index (Phi) is 4.70. The van der Waals surface area contributed by atoms with Gasteiger partial charge in [0.05, 0.1) is 10.6 Å². The molecule has 0 heterocycles. The van der Waals surface area contributed by atoms with Gasteiger partial charge in [0.25, 0.3) is 17.5 Å². The van der Waals surface area contributed by atoms with Gasteiger partial charge in [-0.1, -0.05) is 6.07 Å². The molecule has 0 atom stereocenters. The van der Waals surface area contributed by atoms with E-state index in [1.165, 1.54) is 43.4 Å². The third-order valence-corrected chi connectivity index (χ3v) is 3.32. The van der Waals surface area contributed by atoms with Gasteiger partial charge < -0.3 is 10.6 Å². The van der Waals surface area contributed by atoms with Crippen LogP contribution in [0, 0.1) is 17.0 Å². The zero-order valence-corrected chi connectivity index (χ0v) is 12.6. The Balaban J connectivity index is 2.20. The minimum Gasteiger partial charge on any atom is -0.355 e. The van der Waals surface area contributed by atoms with Crippen molar-refractivity contribution in [2.75, 3.05) is 12.4 Å². The van der Waals surface area contributed by atoms with Crippen molar-refractivity contribution < 1.29 is 14.5 Å². The van der Waals surface area contributed by atoms with Gasteiger partial charge in [-0.3, -0.25) is 19.7 Å². The summed E-state index contributed by atoms with van der Waals surface area (Å²) in [6, 6.07) is 10.4. The highest BCUT2D eigenvalue weighted by Gasteiger charge is 2.13. The number of nitrogens with zero attached hydrogens (tertiary/aromatic N) is 1. The van der Waals surface area contributed by atoms with Crippen LogP contribution in [0.5, 0.6) is 0 Å². The first kappa shape index (κ1) is 16.2. The molecule has 0 fully saturated rings. The summed E-state index contributed by atoms with van der Waals surface area (Å²) in [5.74, 6) is -0.649. The first-order valence-corrected chi connectivity index (χ1v) is 6.81. The summed E-state index contributed by atoms with van der Waals surface area (Å²) in [5.41, 5.74) is 1.78. The van der Waals surface area contributed by atoms with Crippen LogP contribution in [0.1, 0.15) is 26.3 Å². The predicted molar refractivity (Wildman–Crippen MR) is 85.6 cm³/mol. The van der Waals surface area contributed by atoms with Crippen molar-refractivity contribution in [3.8, 4) is 0 Å². The minimum atomic E-state index is -0.521. The van der Waals surface area contributed by atoms with Crippen molar-refractivity contribution in [2.24, 2.45) is 0 Å². The Morgan fingerprint density at radius 2 is 1.57 bits per heavy atom. The molecule has 2 aromatic carbocycles. The molecule has 0 aliphatic rings. The maximum absolute atomic E-state index is 12.2. The highest BCUT2D eigenvalue weighted by Crippen LogP contribution is 2.22. The Labute approximate surface area is 132 Å². The van der Waals surface area contributed by atoms with Crippen molar-refractivity contribution in [1.29, 1.82) is 0 Å². The molecule has 118 valence electrons. The molecule has 0 saturated carbocycles. The molecule has 2 rings (SSSR count). The smallest absolute Gasteiger partial charge is 0.271 e. The molecule has 0 bridgehead atoms. The first-order valence-electron chi connectivity index (χ1n) is 6.81. The maximum atomic E-state index is 12.2. The number of carbonyl (C=O) groups is 2. The first-order chi connectivity index (χ1) is 10.9. The monoisotopic (exact) mass is 313 g/mol. The summed E-state index contributed by atoms with van der Waals surface area (Å²) in [6.07, 6.45) is 0. The van der Waals surface area contributed by atoms with Crippen LogP contribution in [-0.4, -0.2) is 23.8 Å². The van der Waals surface area contributed by atoms with Crippen LogP contribution in [0.4, 0.5) is 11.4 Å². The van der Waals surface area contributed by atoms with Crippen LogP contribution in [0.15, 0.2) is 42.5 Å². The van der Waals surface area contributed by atoms with Gasteiger partial charge in [0.2, 0.25) is 0 Å². The highest BCUT2D eigenvalue weighted by atomic mass is 16.6. The van der Waals surface area contributed by atoms with E-state index in [4.69, 9.17) is 0 Å². The standard InChI is InChI=1S/C16H15N3O4/c1-10-3-8-13(19(22)23)9-14(10)18-16(21)12-6-4-11(5-7-12)15(20)17-2/h3-9H,1-2H3,(H,17,20)(H,18,21). The molecule has 0 aromatic heterocycles. The molecule has 0 aliphatic heterocycles. The van der Waals surface area contributed by atoms with Crippen LogP contribution in [0.25, 0.3) is 0 Å². The number of amides is 2. The molecule has 2 aromatic rings. The van der Waals surface area contributed by atoms with Crippen molar-refractivity contribution in [2.45, 2.75) is 6.92 Å². The quantitative estimate of drug-likeness (QED) is 0.669. The van der Waals surface area contributed by atoms with E-state index in [0.717, 1.165) is 0 Å². The Hall–Kier alpha value is -3.22. The second-order valence-electron chi connectivity index (χ2n) is 4.87. The predicted octanol–water partition coefficient (Wildman–Crippen LogP) is 2.52. The number of nitro benzene ring substituents is 1. The largest absolute Gasteiger partial charge is 0.355 e. The summed E-state index contributed by atoms with van der Waals surface area (Å²) >= 11 is 0. The molecular formula is C16H15N3O4. The Bertz CT molecular complexity index is 769. The summed E-state index contributed by atoms with van der Waals surface area (Å²) < 4.78 is 0. The van der Waals surface area contributed by atoms with E-state index in [0.29, 0.717) is 22.4 Å². The summed E-state index contributed by atoms with van der Waals surface area (Å²) in [5, 5.41) is 15.9. The van der Waals surface area contributed by atoms with Gasteiger partial charge in [-0.15, -0.1) is 0 Å². The number of carbonyl (C=O) groups excluding carboxylic acids is 2. The summed E-state index contributed by atoms with van der Waals surface area (Å²) in [4.78, 5) is 34.0. The number of anilines is 1. The van der Waals surface area contributed by atoms with Gasteiger partial charge in [-0.2, -0.15) is 0 Å². The lowest BCUT2D eigenvalue weighted by Gasteiger charge is -2.08. The van der Waals surface area contributed by atoms with Gasteiger partial charge in [0.1, 0.15) is 0 Å². The second-order valence-corrected chi connectivity index (χ2v) is 4.87. The van der Waals surface area contributed by atoms with Crippen molar-refractivity contribution in [1.82, 2.24) is 5.32 Å². The van der Waals surface area contributed by atoms with Crippen molar-refractivity contribution in [3.05, 3.63) is 69.3 Å². The number of nitrogens with one attached hydrogen (secondary N) is 2. The van der Waals surface area contributed by atoms with Crippen LogP contribution in [-0.2, 0) is 0 Å². The lowest BCUT2D eigenvalue weighted by atomic mass is 10.1. The SMILES string of the molecule is CNC(=O)c1ccc(C(=O)Nc2cc([N+](=O)[O-])ccc2C)cc1. The fourth-order valence-electron chi connectivity index (χ4n) is 1.97. The number of benzene rings is 2. The van der Waals surface area contributed by atoms with Crippen molar-refractivity contribution >= 4 is 23.2 Å². The van der Waals surface area contributed by atoms with E-state index in [-0.39, 0.29) is 11.6 Å². The summed E-state index contributed by atoms with van der Waals surface area (Å²) in [6.45, 7) is 1.74. The fourth-order valence-corrected chi connectivity index (χ4v) is 1.97. The highest BCUT2D eigenvalue weighted by molar-refractivity contribution is 6.05. The third-order valence-electron chi connectivity index (χ3n) is 3.32. The number of hydrogen-bond acceptors (Lipinski definition) is 4. The lowest BCUT2D eigenvalue weighted by molar-refractivity contribution is -0.384. The average Bonchev–Trinajstić information content (AvgIpc) is 2.56. The Morgan fingerprint density at radius 1 is 1.00 bits per heavy atom. The van der Waals surface area contributed by atoms with Gasteiger partial charge in [0, 0.05) is 30.3 Å². The second kappa shape index (κ2) is 6.69. The molecule has 2 amide bonds. The number of rotatable bonds is 4. The molecule has 0 saturated heterocycles. The molecule has 7 heteroatoms. The van der Waals surface area contributed by atoms with Gasteiger partial charge in [0.15, 0.2) is 0 Å². The fraction of sp³-hybridized carbons (Fsp3) is 0.125. The van der Waals surface area contributed by atoms with E-state index in [1.54, 1.807) is 13.0 Å². The normalized spacial score (nSPS) is 10.0. The molecule has 2 N–H and O–H groups in total. The van der Waals surface area contributed by atoms with Crippen LogP contribution < -0.4 is 10.6 Å². The number of non-ortho nitro benzene ring substituents is 1. The molecule has 23 heavy (non-hydrogen) atoms. The van der Waals surface area contributed by atoms with Gasteiger partial charge >= 0.3 is 0 Å². The zero-order valence-electron chi connectivity index (χ0n) is 12.6. The van der Waals surface area contributed by atoms with E-state index < -0.39 is 10.8 Å². The van der Waals surface area contributed by atoms with E-state index >= 15 is 0 Å². The van der Waals surface area contributed by atoms with E-state index in [9.17, 15) is 19.7 Å². The molecule has 7 nitrogen and oxygen atoms in total. The van der Waals surface area contributed by atoms with Crippen LogP contribution >= 0.6 is 0 Å². The van der Waals surface area contributed by atoms with E-state index in [2.05, 4.69) is 10.6 Å². The molecule has 0 unspecified atom stereocenters. The number of nitro groups is 1. The lowest BCUT2D eigenvalue weighted by Crippen LogP contribution is -2.18. The maximum Gasteiger partial charge on any atom is 0.271 e. The zero-order chi connectivity index (χ0) is 17.0. The van der Waals surface area contributed by atoms with Gasteiger partial charge in [-0.05, 0) is 36.8 Å². The van der Waals surface area contributed by atoms with Crippen molar-refractivity contribution in [3.63, 3.8) is 0 Å². The molecule has 0 spiro atoms. The number of aryl methyl sites for hydroxylation is 1. The molecular weight excluding hydrogens is 298 g/mol. The average molecular weight is 313 g/mol. The van der Waals surface area contributed by atoms with Crippen LogP contribution in [0.3, 0.4) is 0 Å². The topological polar surface area (TPSA) is 101 Å². The molecule has 0 aliphatic carbocycles. The molecule has 0 radical (unpaired) electrons. The third kappa shape index (κ3) is 3.70. The minimum absolute atomic E-state index is 0.0964. The Morgan fingerprint density at radius 3 is 2.09 bits per heavy atom.